The number of fused-ring (bicyclic) bond motifs is 8. The molecule has 7 aromatic heterocycles. The molecule has 9 heterocycles. The van der Waals surface area contributed by atoms with Crippen LogP contribution in [0.25, 0.3) is 90.9 Å². The fraction of sp³-hybridized carbons (Fsp3) is 0.0238. The molecular formula is C42H28InN8O2-2. The molecule has 0 aromatic carbocycles. The molecule has 2 aliphatic rings. The minimum Gasteiger partial charge on any atom is -0.657 e. The van der Waals surface area contributed by atoms with Gasteiger partial charge in [-0.15, -0.1) is 22.1 Å². The van der Waals surface area contributed by atoms with Gasteiger partial charge in [-0.2, -0.15) is 0 Å². The number of carboxylic acids is 1. The maximum Gasteiger partial charge on any atom is 0.300 e. The van der Waals surface area contributed by atoms with E-state index < -0.39 is 5.97 Å². The van der Waals surface area contributed by atoms with Crippen LogP contribution in [0.5, 0.6) is 0 Å². The number of carboxylic acid groups (broad SMARTS) is 1. The van der Waals surface area contributed by atoms with Gasteiger partial charge >= 0.3 is 0 Å². The first kappa shape index (κ1) is 35.0. The Morgan fingerprint density at radius 1 is 0.434 bits per heavy atom. The Balaban J connectivity index is 0.000000831. The molecule has 3 radical (unpaired) electrons. The van der Waals surface area contributed by atoms with E-state index in [9.17, 15) is 0 Å². The van der Waals surface area contributed by atoms with E-state index >= 15 is 0 Å². The van der Waals surface area contributed by atoms with E-state index in [4.69, 9.17) is 29.8 Å². The zero-order chi connectivity index (χ0) is 35.4. The minimum atomic E-state index is -0.833. The van der Waals surface area contributed by atoms with E-state index in [1.54, 1.807) is 49.6 Å². The predicted octanol–water partition coefficient (Wildman–Crippen LogP) is 7.87. The summed E-state index contributed by atoms with van der Waals surface area (Å²) in [4.78, 5) is 47.1. The second-order valence-electron chi connectivity index (χ2n) is 11.8. The van der Waals surface area contributed by atoms with Crippen LogP contribution in [0.1, 0.15) is 29.7 Å². The van der Waals surface area contributed by atoms with E-state index in [1.165, 1.54) is 0 Å². The second kappa shape index (κ2) is 15.4. The first-order valence-corrected chi connectivity index (χ1v) is 16.4. The Bertz CT molecular complexity index is 2300. The summed E-state index contributed by atoms with van der Waals surface area (Å²) in [7, 11) is 0. The molecule has 8 bridgehead atoms. The van der Waals surface area contributed by atoms with Gasteiger partial charge in [-0.3, -0.25) is 24.7 Å². The Hall–Kier alpha value is -6.46. The van der Waals surface area contributed by atoms with E-state index in [2.05, 4.69) is 68.5 Å². The number of rotatable bonds is 4. The van der Waals surface area contributed by atoms with Crippen molar-refractivity contribution >= 4 is 78.2 Å². The van der Waals surface area contributed by atoms with Crippen LogP contribution in [0, 0.1) is 0 Å². The van der Waals surface area contributed by atoms with Crippen molar-refractivity contribution in [2.24, 2.45) is 0 Å². The van der Waals surface area contributed by atoms with Crippen LogP contribution in [0.4, 0.5) is 0 Å². The van der Waals surface area contributed by atoms with Crippen molar-refractivity contribution in [1.29, 1.82) is 0 Å². The fourth-order valence-corrected chi connectivity index (χ4v) is 6.34. The van der Waals surface area contributed by atoms with Crippen molar-refractivity contribution in [3.63, 3.8) is 0 Å². The van der Waals surface area contributed by atoms with Crippen LogP contribution < -0.4 is 9.97 Å². The minimum absolute atomic E-state index is 0. The first-order valence-electron chi connectivity index (χ1n) is 16.4. The number of hydrogen-bond acceptors (Lipinski definition) is 7. The SMILES string of the molecule is C1=Cc2nc1c(-c1ccncc1)c1ccc([n-]1)c(-c1ccncc1)c1nc(c(-c3ccncc3)c3ccc([n-]3)c2-c2ccncc2)C=C1.CC(=O)O.[In]. The van der Waals surface area contributed by atoms with Crippen LogP contribution in [-0.4, -0.2) is 66.8 Å². The average Bonchev–Trinajstić information content (AvgIpc) is 4.01. The molecule has 10 nitrogen and oxygen atoms in total. The summed E-state index contributed by atoms with van der Waals surface area (Å²) in [5, 5.41) is 7.42. The topological polar surface area (TPSA) is 143 Å². The molecule has 0 saturated carbocycles. The largest absolute Gasteiger partial charge is 0.657 e. The molecule has 0 aliphatic carbocycles. The predicted molar refractivity (Wildman–Crippen MR) is 209 cm³/mol. The zero-order valence-electron chi connectivity index (χ0n) is 28.4. The van der Waals surface area contributed by atoms with Crippen molar-refractivity contribution < 1.29 is 9.90 Å². The Morgan fingerprint density at radius 3 is 0.849 bits per heavy atom. The molecule has 2 aliphatic heterocycles. The Labute approximate surface area is 323 Å². The molecule has 0 amide bonds. The van der Waals surface area contributed by atoms with Gasteiger partial charge in [0.2, 0.25) is 0 Å². The summed E-state index contributed by atoms with van der Waals surface area (Å²) in [6.07, 6.45) is 22.5. The van der Waals surface area contributed by atoms with Crippen molar-refractivity contribution in [3.05, 3.63) is 145 Å². The van der Waals surface area contributed by atoms with Crippen molar-refractivity contribution in [3.8, 4) is 44.5 Å². The molecule has 53 heavy (non-hydrogen) atoms. The molecule has 7 aromatic rings. The fourth-order valence-electron chi connectivity index (χ4n) is 6.34. The van der Waals surface area contributed by atoms with Crippen LogP contribution in [0.3, 0.4) is 0 Å². The molecule has 1 N–H and O–H groups in total. The van der Waals surface area contributed by atoms with Gasteiger partial charge in [0.05, 0.1) is 22.8 Å². The molecule has 253 valence electrons. The molecule has 11 heteroatoms. The smallest absolute Gasteiger partial charge is 0.300 e. The second-order valence-corrected chi connectivity index (χ2v) is 11.8. The van der Waals surface area contributed by atoms with Gasteiger partial charge in [0.1, 0.15) is 0 Å². The summed E-state index contributed by atoms with van der Waals surface area (Å²) in [5.74, 6) is -0.833. The number of pyridine rings is 4. The summed E-state index contributed by atoms with van der Waals surface area (Å²) < 4.78 is 0. The van der Waals surface area contributed by atoms with Gasteiger partial charge in [-0.05, 0) is 117 Å². The molecular weight excluding hydrogens is 763 g/mol. The maximum atomic E-state index is 9.00. The average molecular weight is 792 g/mol. The van der Waals surface area contributed by atoms with Crippen LogP contribution in [0.2, 0.25) is 0 Å². The van der Waals surface area contributed by atoms with Crippen LogP contribution >= 0.6 is 0 Å². The summed E-state index contributed by atoms with van der Waals surface area (Å²) in [6.45, 7) is 1.08. The van der Waals surface area contributed by atoms with Gasteiger partial charge in [0, 0.05) is 82.3 Å². The third-order valence-corrected chi connectivity index (χ3v) is 8.49. The normalized spacial score (nSPS) is 11.3. The third kappa shape index (κ3) is 7.19. The van der Waals surface area contributed by atoms with Gasteiger partial charge in [0.25, 0.3) is 5.97 Å². The third-order valence-electron chi connectivity index (χ3n) is 8.49. The Kier molecular flexibility index (Phi) is 10.2. The molecule has 0 saturated heterocycles. The number of aliphatic carboxylic acids is 1. The number of hydrogen-bond donors (Lipinski definition) is 1. The van der Waals surface area contributed by atoms with E-state index in [0.717, 1.165) is 96.3 Å². The summed E-state index contributed by atoms with van der Waals surface area (Å²) >= 11 is 0. The maximum absolute atomic E-state index is 9.00. The van der Waals surface area contributed by atoms with Gasteiger partial charge in [-0.25, -0.2) is 9.97 Å². The van der Waals surface area contributed by atoms with Gasteiger partial charge in [-0.1, -0.05) is 24.3 Å². The van der Waals surface area contributed by atoms with E-state index in [-0.39, 0.29) is 25.8 Å². The number of aromatic nitrogens is 8. The molecule has 0 fully saturated rings. The van der Waals surface area contributed by atoms with Crippen molar-refractivity contribution in [1.82, 2.24) is 39.9 Å². The number of nitrogens with zero attached hydrogens (tertiary/aromatic N) is 8. The van der Waals surface area contributed by atoms with Crippen molar-refractivity contribution in [2.45, 2.75) is 6.92 Å². The Morgan fingerprint density at radius 2 is 0.642 bits per heavy atom. The number of carbonyl (C=O) groups is 1. The van der Waals surface area contributed by atoms with E-state index in [0.29, 0.717) is 0 Å². The van der Waals surface area contributed by atoms with E-state index in [1.807, 2.05) is 48.5 Å². The molecule has 9 rings (SSSR count). The standard InChI is InChI=1S/C40H24N8.C2H4O2.In/c1-2-30-38(26-11-19-42-20-12-26)32-5-6-34(47-32)40(28-15-23-44-24-16-28)36-8-7-35(48-36)39(27-13-21-43-22-14-27)33-4-3-31(46-33)37(29(1)45-30)25-9-17-41-18-10-25;1-2(3)4;/h1-24H;1H3,(H,3,4);/q-2;;. The summed E-state index contributed by atoms with van der Waals surface area (Å²) in [6, 6.07) is 24.1. The summed E-state index contributed by atoms with van der Waals surface area (Å²) in [5.41, 5.74) is 13.9. The van der Waals surface area contributed by atoms with Crippen LogP contribution in [0.15, 0.2) is 122 Å². The van der Waals surface area contributed by atoms with Crippen molar-refractivity contribution in [2.75, 3.05) is 0 Å². The van der Waals surface area contributed by atoms with Crippen LogP contribution in [-0.2, 0) is 4.79 Å². The quantitative estimate of drug-likeness (QED) is 0.187. The zero-order valence-corrected chi connectivity index (χ0v) is 31.7. The van der Waals surface area contributed by atoms with Gasteiger partial charge < -0.3 is 15.1 Å². The van der Waals surface area contributed by atoms with Gasteiger partial charge in [0.15, 0.2) is 0 Å². The first-order chi connectivity index (χ1) is 25.5. The molecule has 0 unspecified atom stereocenters. The molecule has 0 spiro atoms. The monoisotopic (exact) mass is 791 g/mol. The molecule has 0 atom stereocenters.